The van der Waals surface area contributed by atoms with Crippen LogP contribution in [0.4, 0.5) is 0 Å². The lowest BCUT2D eigenvalue weighted by Gasteiger charge is -2.12. The van der Waals surface area contributed by atoms with E-state index in [2.05, 4.69) is 49.2 Å². The molecule has 3 N–H and O–H groups in total. The van der Waals surface area contributed by atoms with Gasteiger partial charge in [-0.05, 0) is 29.9 Å². The molecule has 0 aliphatic heterocycles. The SMILES string of the molecule is CC(C)CC(N)Cc1cc2ccccc2[nH]1. The summed E-state index contributed by atoms with van der Waals surface area (Å²) in [5.74, 6) is 0.666. The highest BCUT2D eigenvalue weighted by molar-refractivity contribution is 5.80. The average molecular weight is 216 g/mol. The van der Waals surface area contributed by atoms with Gasteiger partial charge in [-0.1, -0.05) is 32.0 Å². The number of benzene rings is 1. The van der Waals surface area contributed by atoms with E-state index in [-0.39, 0.29) is 6.04 Å². The van der Waals surface area contributed by atoms with Crippen molar-refractivity contribution >= 4 is 10.9 Å². The Bertz CT molecular complexity index is 423. The van der Waals surface area contributed by atoms with Crippen LogP contribution in [0.2, 0.25) is 0 Å². The minimum Gasteiger partial charge on any atom is -0.358 e. The summed E-state index contributed by atoms with van der Waals surface area (Å²) in [5.41, 5.74) is 8.56. The average Bonchev–Trinajstić information content (AvgIpc) is 2.57. The normalized spacial score (nSPS) is 13.5. The first-order valence-corrected chi connectivity index (χ1v) is 5.97. The molecule has 1 aromatic heterocycles. The highest BCUT2D eigenvalue weighted by Gasteiger charge is 2.08. The van der Waals surface area contributed by atoms with Crippen molar-refractivity contribution in [1.82, 2.24) is 4.98 Å². The quantitative estimate of drug-likeness (QED) is 0.810. The van der Waals surface area contributed by atoms with Crippen LogP contribution in [0, 0.1) is 5.92 Å². The van der Waals surface area contributed by atoms with Crippen molar-refractivity contribution in [1.29, 1.82) is 0 Å². The Kier molecular flexibility index (Phi) is 3.30. The number of fused-ring (bicyclic) bond motifs is 1. The Morgan fingerprint density at radius 1 is 1.25 bits per heavy atom. The Balaban J connectivity index is 2.09. The van der Waals surface area contributed by atoms with E-state index in [9.17, 15) is 0 Å². The predicted molar refractivity (Wildman–Crippen MR) is 69.4 cm³/mol. The molecule has 2 aromatic rings. The fourth-order valence-corrected chi connectivity index (χ4v) is 2.21. The summed E-state index contributed by atoms with van der Waals surface area (Å²) >= 11 is 0. The second-order valence-electron chi connectivity index (χ2n) is 4.98. The van der Waals surface area contributed by atoms with Gasteiger partial charge in [0.1, 0.15) is 0 Å². The van der Waals surface area contributed by atoms with Gasteiger partial charge in [0.25, 0.3) is 0 Å². The van der Waals surface area contributed by atoms with Crippen molar-refractivity contribution < 1.29 is 0 Å². The van der Waals surface area contributed by atoms with Gasteiger partial charge in [0.05, 0.1) is 0 Å². The van der Waals surface area contributed by atoms with Crippen molar-refractivity contribution in [2.24, 2.45) is 11.7 Å². The monoisotopic (exact) mass is 216 g/mol. The fraction of sp³-hybridized carbons (Fsp3) is 0.429. The van der Waals surface area contributed by atoms with Crippen LogP contribution in [0.25, 0.3) is 10.9 Å². The first-order chi connectivity index (χ1) is 7.65. The smallest absolute Gasteiger partial charge is 0.0456 e. The van der Waals surface area contributed by atoms with E-state index in [0.717, 1.165) is 12.8 Å². The predicted octanol–water partition coefficient (Wildman–Crippen LogP) is 3.08. The van der Waals surface area contributed by atoms with E-state index >= 15 is 0 Å². The maximum absolute atomic E-state index is 6.11. The van der Waals surface area contributed by atoms with E-state index in [1.807, 2.05) is 0 Å². The Morgan fingerprint density at radius 3 is 2.69 bits per heavy atom. The summed E-state index contributed by atoms with van der Waals surface area (Å²) in [6, 6.07) is 10.8. The van der Waals surface area contributed by atoms with Crippen LogP contribution in [-0.4, -0.2) is 11.0 Å². The molecule has 0 radical (unpaired) electrons. The molecule has 0 aliphatic carbocycles. The van der Waals surface area contributed by atoms with Crippen molar-refractivity contribution in [3.05, 3.63) is 36.0 Å². The molecule has 1 aromatic carbocycles. The van der Waals surface area contributed by atoms with Gasteiger partial charge in [0, 0.05) is 23.7 Å². The molecule has 2 rings (SSSR count). The molecular weight excluding hydrogens is 196 g/mol. The molecule has 0 aliphatic rings. The van der Waals surface area contributed by atoms with E-state index in [1.165, 1.54) is 16.6 Å². The van der Waals surface area contributed by atoms with Crippen molar-refractivity contribution in [3.63, 3.8) is 0 Å². The molecular formula is C14H20N2. The minimum absolute atomic E-state index is 0.257. The number of hydrogen-bond donors (Lipinski definition) is 2. The van der Waals surface area contributed by atoms with E-state index < -0.39 is 0 Å². The zero-order chi connectivity index (χ0) is 11.5. The summed E-state index contributed by atoms with van der Waals surface area (Å²) in [6.45, 7) is 4.43. The van der Waals surface area contributed by atoms with Gasteiger partial charge < -0.3 is 10.7 Å². The molecule has 0 fully saturated rings. The summed E-state index contributed by atoms with van der Waals surface area (Å²) in [5, 5.41) is 1.27. The number of para-hydroxylation sites is 1. The Morgan fingerprint density at radius 2 is 2.00 bits per heavy atom. The molecule has 1 heterocycles. The van der Waals surface area contributed by atoms with Crippen molar-refractivity contribution in [2.45, 2.75) is 32.7 Å². The maximum atomic E-state index is 6.11. The highest BCUT2D eigenvalue weighted by Crippen LogP contribution is 2.16. The summed E-state index contributed by atoms with van der Waals surface area (Å²) in [7, 11) is 0. The molecule has 1 atom stereocenters. The lowest BCUT2D eigenvalue weighted by molar-refractivity contribution is 0.491. The molecule has 2 nitrogen and oxygen atoms in total. The standard InChI is InChI=1S/C14H20N2/c1-10(2)7-12(15)9-13-8-11-5-3-4-6-14(11)16-13/h3-6,8,10,12,16H,7,9,15H2,1-2H3. The number of rotatable bonds is 4. The number of aromatic amines is 1. The number of aromatic nitrogens is 1. The Hall–Kier alpha value is -1.28. The second-order valence-corrected chi connectivity index (χ2v) is 4.98. The summed E-state index contributed by atoms with van der Waals surface area (Å²) in [4.78, 5) is 3.42. The lowest BCUT2D eigenvalue weighted by atomic mass is 10.0. The summed E-state index contributed by atoms with van der Waals surface area (Å²) < 4.78 is 0. The van der Waals surface area contributed by atoms with Crippen LogP contribution in [0.15, 0.2) is 30.3 Å². The third kappa shape index (κ3) is 2.64. The molecule has 86 valence electrons. The number of nitrogens with one attached hydrogen (secondary N) is 1. The topological polar surface area (TPSA) is 41.8 Å². The lowest BCUT2D eigenvalue weighted by Crippen LogP contribution is -2.24. The molecule has 1 unspecified atom stereocenters. The van der Waals surface area contributed by atoms with Crippen molar-refractivity contribution in [2.75, 3.05) is 0 Å². The molecule has 0 bridgehead atoms. The van der Waals surface area contributed by atoms with Crippen LogP contribution in [-0.2, 0) is 6.42 Å². The van der Waals surface area contributed by atoms with Gasteiger partial charge in [-0.2, -0.15) is 0 Å². The first kappa shape index (κ1) is 11.2. The van der Waals surface area contributed by atoms with Gasteiger partial charge in [0.15, 0.2) is 0 Å². The van der Waals surface area contributed by atoms with E-state index in [4.69, 9.17) is 5.73 Å². The molecule has 16 heavy (non-hydrogen) atoms. The van der Waals surface area contributed by atoms with Gasteiger partial charge in [-0.3, -0.25) is 0 Å². The van der Waals surface area contributed by atoms with Gasteiger partial charge in [-0.25, -0.2) is 0 Å². The van der Waals surface area contributed by atoms with Crippen molar-refractivity contribution in [3.8, 4) is 0 Å². The van der Waals surface area contributed by atoms with Gasteiger partial charge in [-0.15, -0.1) is 0 Å². The number of H-pyrrole nitrogens is 1. The largest absolute Gasteiger partial charge is 0.358 e. The van der Waals surface area contributed by atoms with Crippen LogP contribution < -0.4 is 5.73 Å². The molecule has 0 amide bonds. The third-order valence-electron chi connectivity index (χ3n) is 2.84. The van der Waals surface area contributed by atoms with E-state index in [1.54, 1.807) is 0 Å². The molecule has 0 spiro atoms. The number of nitrogens with two attached hydrogens (primary N) is 1. The molecule has 0 saturated carbocycles. The van der Waals surface area contributed by atoms with Gasteiger partial charge >= 0.3 is 0 Å². The highest BCUT2D eigenvalue weighted by atomic mass is 14.7. The van der Waals surface area contributed by atoms with Crippen LogP contribution in [0.3, 0.4) is 0 Å². The van der Waals surface area contributed by atoms with Crippen LogP contribution in [0.5, 0.6) is 0 Å². The zero-order valence-electron chi connectivity index (χ0n) is 10.0. The fourth-order valence-electron chi connectivity index (χ4n) is 2.21. The third-order valence-corrected chi connectivity index (χ3v) is 2.84. The Labute approximate surface area is 96.9 Å². The second kappa shape index (κ2) is 4.71. The summed E-state index contributed by atoms with van der Waals surface area (Å²) in [6.07, 6.45) is 2.02. The zero-order valence-corrected chi connectivity index (χ0v) is 10.0. The molecule has 2 heteroatoms. The maximum Gasteiger partial charge on any atom is 0.0456 e. The first-order valence-electron chi connectivity index (χ1n) is 5.97. The van der Waals surface area contributed by atoms with Gasteiger partial charge in [0.2, 0.25) is 0 Å². The van der Waals surface area contributed by atoms with E-state index in [0.29, 0.717) is 5.92 Å². The molecule has 0 saturated heterocycles. The van der Waals surface area contributed by atoms with Crippen LogP contribution >= 0.6 is 0 Å². The minimum atomic E-state index is 0.257. The number of hydrogen-bond acceptors (Lipinski definition) is 1. The van der Waals surface area contributed by atoms with Crippen LogP contribution in [0.1, 0.15) is 26.0 Å².